The van der Waals surface area contributed by atoms with Gasteiger partial charge in [0.1, 0.15) is 5.84 Å². The maximum absolute atomic E-state index is 5.00. The maximum atomic E-state index is 5.00. The van der Waals surface area contributed by atoms with Gasteiger partial charge in [0.2, 0.25) is 0 Å². The number of anilines is 3. The largest absolute Gasteiger partial charge is 0.388 e. The molecule has 1 spiro atoms. The Hall–Kier alpha value is -2.14. The molecule has 2 aromatic rings. The minimum Gasteiger partial charge on any atom is -0.388 e. The number of amidine groups is 1. The van der Waals surface area contributed by atoms with Crippen molar-refractivity contribution in [3.63, 3.8) is 0 Å². The van der Waals surface area contributed by atoms with Gasteiger partial charge in [0, 0.05) is 12.7 Å². The van der Waals surface area contributed by atoms with Crippen LogP contribution in [0, 0.1) is 0 Å². The van der Waals surface area contributed by atoms with Gasteiger partial charge in [0.25, 0.3) is 0 Å². The van der Waals surface area contributed by atoms with E-state index in [1.807, 2.05) is 18.8 Å². The summed E-state index contributed by atoms with van der Waals surface area (Å²) in [6, 6.07) is 16.9. The first-order chi connectivity index (χ1) is 12.3. The van der Waals surface area contributed by atoms with E-state index in [1.165, 1.54) is 22.8 Å². The fraction of sp³-hybridized carbons (Fsp3) is 0.350. The third-order valence-electron chi connectivity index (χ3n) is 5.02. The highest BCUT2D eigenvalue weighted by Crippen LogP contribution is 2.38. The number of aliphatic imine (C=N–C) groups is 1. The Morgan fingerprint density at radius 3 is 2.48 bits per heavy atom. The molecule has 5 heteroatoms. The molecule has 0 aliphatic carbocycles. The summed E-state index contributed by atoms with van der Waals surface area (Å²) in [6.07, 6.45) is 2.22. The molecule has 0 bridgehead atoms. The number of para-hydroxylation sites is 2. The van der Waals surface area contributed by atoms with Crippen LogP contribution in [0.3, 0.4) is 0 Å². The molecule has 3 N–H and O–H groups in total. The standard InChI is InChI=1S/C20H24N4S/c1-21-16-8-6-15(7-9-16)14-22-19-20(10-12-25-13-11-20)24-18-5-3-2-4-17(18)23-19/h2-9,21,24H,10-14H2,1H3,(H,22,23). The lowest BCUT2D eigenvalue weighted by Gasteiger charge is -2.43. The van der Waals surface area contributed by atoms with Crippen molar-refractivity contribution in [3.8, 4) is 0 Å². The number of nitrogens with zero attached hydrogens (tertiary/aromatic N) is 1. The molecule has 1 saturated heterocycles. The van der Waals surface area contributed by atoms with Gasteiger partial charge in [-0.05, 0) is 54.2 Å². The Kier molecular flexibility index (Phi) is 4.57. The van der Waals surface area contributed by atoms with Crippen molar-refractivity contribution in [3.05, 3.63) is 54.1 Å². The topological polar surface area (TPSA) is 48.5 Å². The van der Waals surface area contributed by atoms with E-state index in [4.69, 9.17) is 4.99 Å². The predicted octanol–water partition coefficient (Wildman–Crippen LogP) is 4.43. The smallest absolute Gasteiger partial charge is 0.127 e. The van der Waals surface area contributed by atoms with E-state index in [2.05, 4.69) is 64.5 Å². The van der Waals surface area contributed by atoms with E-state index in [0.29, 0.717) is 6.54 Å². The molecule has 2 aliphatic heterocycles. The molecule has 0 radical (unpaired) electrons. The average Bonchev–Trinajstić information content (AvgIpc) is 2.67. The van der Waals surface area contributed by atoms with E-state index in [0.717, 1.165) is 30.1 Å². The molecule has 4 nitrogen and oxygen atoms in total. The van der Waals surface area contributed by atoms with Crippen LogP contribution < -0.4 is 16.0 Å². The lowest BCUT2D eigenvalue weighted by atomic mass is 9.87. The molecule has 25 heavy (non-hydrogen) atoms. The van der Waals surface area contributed by atoms with Crippen molar-refractivity contribution in [2.75, 3.05) is 34.5 Å². The van der Waals surface area contributed by atoms with Gasteiger partial charge in [0.15, 0.2) is 0 Å². The molecule has 1 fully saturated rings. The van der Waals surface area contributed by atoms with Crippen molar-refractivity contribution in [2.45, 2.75) is 24.9 Å². The summed E-state index contributed by atoms with van der Waals surface area (Å²) in [5.41, 5.74) is 4.61. The first-order valence-electron chi connectivity index (χ1n) is 8.83. The van der Waals surface area contributed by atoms with Gasteiger partial charge in [-0.3, -0.25) is 4.99 Å². The van der Waals surface area contributed by atoms with Gasteiger partial charge in [0.05, 0.1) is 23.5 Å². The first kappa shape index (κ1) is 16.3. The molecule has 130 valence electrons. The third kappa shape index (κ3) is 3.33. The lowest BCUT2D eigenvalue weighted by molar-refractivity contribution is 0.560. The Morgan fingerprint density at radius 1 is 1.04 bits per heavy atom. The molecule has 4 rings (SSSR count). The summed E-state index contributed by atoms with van der Waals surface area (Å²) in [7, 11) is 1.94. The number of hydrogen-bond acceptors (Lipinski definition) is 4. The van der Waals surface area contributed by atoms with Crippen LogP contribution in [0.1, 0.15) is 18.4 Å². The monoisotopic (exact) mass is 352 g/mol. The Bertz CT molecular complexity index is 764. The Labute approximate surface area is 153 Å². The highest BCUT2D eigenvalue weighted by Gasteiger charge is 2.40. The van der Waals surface area contributed by atoms with E-state index in [9.17, 15) is 0 Å². The van der Waals surface area contributed by atoms with Crippen LogP contribution in [0.4, 0.5) is 17.1 Å². The van der Waals surface area contributed by atoms with Crippen molar-refractivity contribution < 1.29 is 0 Å². The zero-order valence-corrected chi connectivity index (χ0v) is 15.3. The SMILES string of the molecule is CNc1ccc(CN=C2Nc3ccccc3NC23CCSCC3)cc1. The number of fused-ring (bicyclic) bond motifs is 1. The number of thioether (sulfide) groups is 1. The van der Waals surface area contributed by atoms with Gasteiger partial charge in [-0.15, -0.1) is 0 Å². The second kappa shape index (κ2) is 7.00. The maximum Gasteiger partial charge on any atom is 0.127 e. The number of hydrogen-bond donors (Lipinski definition) is 3. The minimum absolute atomic E-state index is 0.0511. The second-order valence-corrected chi connectivity index (χ2v) is 7.83. The Morgan fingerprint density at radius 2 is 1.76 bits per heavy atom. The molecule has 2 aliphatic rings. The summed E-state index contributed by atoms with van der Waals surface area (Å²) in [4.78, 5) is 5.00. The van der Waals surface area contributed by atoms with Crippen molar-refractivity contribution in [1.82, 2.24) is 0 Å². The molecule has 0 atom stereocenters. The first-order valence-corrected chi connectivity index (χ1v) is 9.98. The van der Waals surface area contributed by atoms with Crippen LogP contribution in [0.5, 0.6) is 0 Å². The molecule has 0 aromatic heterocycles. The van der Waals surface area contributed by atoms with Crippen LogP contribution >= 0.6 is 11.8 Å². The minimum atomic E-state index is -0.0511. The van der Waals surface area contributed by atoms with Crippen LogP contribution in [0.25, 0.3) is 0 Å². The fourth-order valence-corrected chi connectivity index (χ4v) is 4.67. The number of benzene rings is 2. The molecule has 0 saturated carbocycles. The molecule has 2 aromatic carbocycles. The van der Waals surface area contributed by atoms with Crippen molar-refractivity contribution in [2.24, 2.45) is 4.99 Å². The van der Waals surface area contributed by atoms with Crippen molar-refractivity contribution >= 4 is 34.7 Å². The highest BCUT2D eigenvalue weighted by atomic mass is 32.2. The Balaban J connectivity index is 1.62. The number of nitrogens with one attached hydrogen (secondary N) is 3. The molecule has 2 heterocycles. The van der Waals surface area contributed by atoms with Crippen LogP contribution in [0.2, 0.25) is 0 Å². The molecule has 0 unspecified atom stereocenters. The average molecular weight is 353 g/mol. The molecule has 0 amide bonds. The summed E-state index contributed by atoms with van der Waals surface area (Å²) in [5.74, 6) is 3.43. The van der Waals surface area contributed by atoms with Crippen LogP contribution in [0.15, 0.2) is 53.5 Å². The van der Waals surface area contributed by atoms with Gasteiger partial charge in [-0.25, -0.2) is 0 Å². The van der Waals surface area contributed by atoms with Crippen LogP contribution in [-0.4, -0.2) is 29.9 Å². The quantitative estimate of drug-likeness (QED) is 0.765. The zero-order valence-electron chi connectivity index (χ0n) is 14.5. The summed E-state index contributed by atoms with van der Waals surface area (Å²) in [5, 5.41) is 10.6. The summed E-state index contributed by atoms with van der Waals surface area (Å²) in [6.45, 7) is 0.699. The van der Waals surface area contributed by atoms with E-state index in [1.54, 1.807) is 0 Å². The summed E-state index contributed by atoms with van der Waals surface area (Å²) >= 11 is 2.03. The lowest BCUT2D eigenvalue weighted by Crippen LogP contribution is -2.54. The molecular weight excluding hydrogens is 328 g/mol. The van der Waals surface area contributed by atoms with E-state index < -0.39 is 0 Å². The summed E-state index contributed by atoms with van der Waals surface area (Å²) < 4.78 is 0. The van der Waals surface area contributed by atoms with Gasteiger partial charge >= 0.3 is 0 Å². The normalized spacial score (nSPS) is 19.8. The highest BCUT2D eigenvalue weighted by molar-refractivity contribution is 7.99. The van der Waals surface area contributed by atoms with Crippen molar-refractivity contribution in [1.29, 1.82) is 0 Å². The number of rotatable bonds is 3. The second-order valence-electron chi connectivity index (χ2n) is 6.60. The molecular formula is C20H24N4S. The van der Waals surface area contributed by atoms with E-state index in [-0.39, 0.29) is 5.54 Å². The zero-order chi connectivity index (χ0) is 17.1. The van der Waals surface area contributed by atoms with Crippen LogP contribution in [-0.2, 0) is 6.54 Å². The van der Waals surface area contributed by atoms with Gasteiger partial charge in [-0.2, -0.15) is 11.8 Å². The third-order valence-corrected chi connectivity index (χ3v) is 6.00. The van der Waals surface area contributed by atoms with Gasteiger partial charge in [-0.1, -0.05) is 24.3 Å². The van der Waals surface area contributed by atoms with E-state index >= 15 is 0 Å². The predicted molar refractivity (Wildman–Crippen MR) is 110 cm³/mol. The van der Waals surface area contributed by atoms with Gasteiger partial charge < -0.3 is 16.0 Å². The fourth-order valence-electron chi connectivity index (χ4n) is 3.48.